The number of carbonyl (C=O) groups is 2. The van der Waals surface area contributed by atoms with Gasteiger partial charge in [0.15, 0.2) is 0 Å². The lowest BCUT2D eigenvalue weighted by molar-refractivity contribution is 0.0962. The summed E-state index contributed by atoms with van der Waals surface area (Å²) in [4.78, 5) is 25.8. The monoisotopic (exact) mass is 370 g/mol. The first kappa shape index (κ1) is 18.2. The Morgan fingerprint density at radius 2 is 1.88 bits per heavy atom. The van der Waals surface area contributed by atoms with Crippen molar-refractivity contribution in [3.05, 3.63) is 58.6 Å². The lowest BCUT2D eigenvalue weighted by atomic mass is 10.2. The smallest absolute Gasteiger partial charge is 0.294 e. The predicted molar refractivity (Wildman–Crippen MR) is 90.9 cm³/mol. The number of hydrogen-bond acceptors (Lipinski definition) is 3. The zero-order valence-corrected chi connectivity index (χ0v) is 14.3. The number of anilines is 1. The zero-order valence-electron chi connectivity index (χ0n) is 12.8. The summed E-state index contributed by atoms with van der Waals surface area (Å²) in [5.74, 6) is -2.47. The van der Waals surface area contributed by atoms with E-state index in [1.807, 2.05) is 5.32 Å². The minimum atomic E-state index is -1.00. The first-order chi connectivity index (χ1) is 11.3. The summed E-state index contributed by atoms with van der Waals surface area (Å²) in [6, 6.07) is 7.15. The highest BCUT2D eigenvalue weighted by Gasteiger charge is 2.21. The molecule has 24 heavy (non-hydrogen) atoms. The standard InChI is InChI=1S/C16H13ClF2N2O2S/c1-21(13-7-6-9(24-2)8-12(13)19)16(23)20-15(22)14-10(17)4-3-5-11(14)18/h3-8H,1-2H3,(H,20,22,23). The van der Waals surface area contributed by atoms with E-state index < -0.39 is 29.1 Å². The second-order valence-electron chi connectivity index (χ2n) is 4.73. The molecular formula is C16H13ClF2N2O2S. The van der Waals surface area contributed by atoms with Gasteiger partial charge in [-0.15, -0.1) is 11.8 Å². The Morgan fingerprint density at radius 1 is 1.17 bits per heavy atom. The molecule has 0 bridgehead atoms. The van der Waals surface area contributed by atoms with Gasteiger partial charge in [0.25, 0.3) is 5.91 Å². The van der Waals surface area contributed by atoms with Gasteiger partial charge in [0.2, 0.25) is 0 Å². The number of hydrogen-bond donors (Lipinski definition) is 1. The van der Waals surface area contributed by atoms with Crippen LogP contribution in [0, 0.1) is 11.6 Å². The maximum Gasteiger partial charge on any atom is 0.328 e. The van der Waals surface area contributed by atoms with Gasteiger partial charge in [-0.05, 0) is 36.6 Å². The van der Waals surface area contributed by atoms with Crippen molar-refractivity contribution in [3.8, 4) is 0 Å². The van der Waals surface area contributed by atoms with E-state index >= 15 is 0 Å². The lowest BCUT2D eigenvalue weighted by Crippen LogP contribution is -2.41. The molecule has 3 amide bonds. The molecule has 0 spiro atoms. The Balaban J connectivity index is 2.19. The van der Waals surface area contributed by atoms with Crippen LogP contribution in [0.5, 0.6) is 0 Å². The normalized spacial score (nSPS) is 10.4. The molecule has 126 valence electrons. The third-order valence-electron chi connectivity index (χ3n) is 3.23. The van der Waals surface area contributed by atoms with Crippen molar-refractivity contribution in [3.63, 3.8) is 0 Å². The van der Waals surface area contributed by atoms with Crippen LogP contribution in [0.3, 0.4) is 0 Å². The molecule has 0 radical (unpaired) electrons. The number of carbonyl (C=O) groups excluding carboxylic acids is 2. The molecule has 0 saturated heterocycles. The van der Waals surface area contributed by atoms with E-state index in [2.05, 4.69) is 0 Å². The topological polar surface area (TPSA) is 49.4 Å². The van der Waals surface area contributed by atoms with Crippen molar-refractivity contribution < 1.29 is 18.4 Å². The fourth-order valence-electron chi connectivity index (χ4n) is 1.95. The van der Waals surface area contributed by atoms with Crippen LogP contribution in [-0.4, -0.2) is 25.2 Å². The largest absolute Gasteiger partial charge is 0.328 e. The minimum Gasteiger partial charge on any atom is -0.294 e. The molecule has 0 heterocycles. The Labute approximate surface area is 146 Å². The van der Waals surface area contributed by atoms with E-state index in [0.717, 1.165) is 11.0 Å². The molecule has 0 fully saturated rings. The van der Waals surface area contributed by atoms with E-state index in [9.17, 15) is 18.4 Å². The molecule has 1 N–H and O–H groups in total. The highest BCUT2D eigenvalue weighted by molar-refractivity contribution is 7.98. The van der Waals surface area contributed by atoms with Gasteiger partial charge in [-0.25, -0.2) is 13.6 Å². The number of amides is 3. The van der Waals surface area contributed by atoms with Crippen molar-refractivity contribution in [2.24, 2.45) is 0 Å². The van der Waals surface area contributed by atoms with E-state index in [1.165, 1.54) is 43.1 Å². The fourth-order valence-corrected chi connectivity index (χ4v) is 2.63. The van der Waals surface area contributed by atoms with Crippen molar-refractivity contribution in [2.45, 2.75) is 4.90 Å². The first-order valence-electron chi connectivity index (χ1n) is 6.71. The third kappa shape index (κ3) is 3.85. The van der Waals surface area contributed by atoms with Gasteiger partial charge < -0.3 is 0 Å². The van der Waals surface area contributed by atoms with Crippen LogP contribution in [0.2, 0.25) is 5.02 Å². The van der Waals surface area contributed by atoms with Crippen LogP contribution in [0.4, 0.5) is 19.3 Å². The van der Waals surface area contributed by atoms with Crippen molar-refractivity contribution >= 4 is 41.0 Å². The van der Waals surface area contributed by atoms with Gasteiger partial charge in [0.1, 0.15) is 11.6 Å². The number of benzene rings is 2. The summed E-state index contributed by atoms with van der Waals surface area (Å²) in [6.07, 6.45) is 1.79. The Bertz CT molecular complexity index is 781. The highest BCUT2D eigenvalue weighted by atomic mass is 35.5. The summed E-state index contributed by atoms with van der Waals surface area (Å²) in [5.41, 5.74) is -0.461. The Kier molecular flexibility index (Phi) is 5.80. The van der Waals surface area contributed by atoms with Crippen molar-refractivity contribution in [1.29, 1.82) is 0 Å². The van der Waals surface area contributed by atoms with E-state index in [-0.39, 0.29) is 10.7 Å². The summed E-state index contributed by atoms with van der Waals surface area (Å²) in [5, 5.41) is 1.86. The maximum atomic E-state index is 14.0. The maximum absolute atomic E-state index is 14.0. The van der Waals surface area contributed by atoms with Gasteiger partial charge in [-0.3, -0.25) is 15.0 Å². The first-order valence-corrected chi connectivity index (χ1v) is 8.32. The summed E-state index contributed by atoms with van der Waals surface area (Å²) in [6.45, 7) is 0. The van der Waals surface area contributed by atoms with E-state index in [1.54, 1.807) is 12.3 Å². The molecule has 2 aromatic carbocycles. The van der Waals surface area contributed by atoms with Crippen LogP contribution in [0.1, 0.15) is 10.4 Å². The number of nitrogens with zero attached hydrogens (tertiary/aromatic N) is 1. The molecule has 2 rings (SSSR count). The van der Waals surface area contributed by atoms with Crippen LogP contribution >= 0.6 is 23.4 Å². The molecule has 0 aliphatic heterocycles. The van der Waals surface area contributed by atoms with Gasteiger partial charge in [-0.1, -0.05) is 17.7 Å². The highest BCUT2D eigenvalue weighted by Crippen LogP contribution is 2.24. The summed E-state index contributed by atoms with van der Waals surface area (Å²) < 4.78 is 27.7. The van der Waals surface area contributed by atoms with Gasteiger partial charge in [0, 0.05) is 11.9 Å². The van der Waals surface area contributed by atoms with Crippen LogP contribution < -0.4 is 10.2 Å². The van der Waals surface area contributed by atoms with Gasteiger partial charge in [-0.2, -0.15) is 0 Å². The Hall–Kier alpha value is -2.12. The zero-order chi connectivity index (χ0) is 17.9. The number of halogens is 3. The number of thioether (sulfide) groups is 1. The number of rotatable bonds is 3. The van der Waals surface area contributed by atoms with E-state index in [0.29, 0.717) is 4.90 Å². The predicted octanol–water partition coefficient (Wildman–Crippen LogP) is 4.33. The minimum absolute atomic E-state index is 0.0160. The van der Waals surface area contributed by atoms with Crippen LogP contribution in [-0.2, 0) is 0 Å². The number of urea groups is 1. The molecule has 0 unspecified atom stereocenters. The van der Waals surface area contributed by atoms with Crippen molar-refractivity contribution in [1.82, 2.24) is 5.32 Å². The fraction of sp³-hybridized carbons (Fsp3) is 0.125. The van der Waals surface area contributed by atoms with Gasteiger partial charge in [0.05, 0.1) is 16.3 Å². The molecule has 0 aliphatic carbocycles. The van der Waals surface area contributed by atoms with Crippen molar-refractivity contribution in [2.75, 3.05) is 18.2 Å². The average molecular weight is 371 g/mol. The molecule has 4 nitrogen and oxygen atoms in total. The second kappa shape index (κ2) is 7.63. The molecule has 0 aliphatic rings. The SMILES string of the molecule is CSc1ccc(N(C)C(=O)NC(=O)c2c(F)cccc2Cl)c(F)c1. The second-order valence-corrected chi connectivity index (χ2v) is 6.02. The molecule has 0 saturated carbocycles. The third-order valence-corrected chi connectivity index (χ3v) is 4.27. The van der Waals surface area contributed by atoms with E-state index in [4.69, 9.17) is 11.6 Å². The molecular weight excluding hydrogens is 358 g/mol. The summed E-state index contributed by atoms with van der Waals surface area (Å²) >= 11 is 7.13. The molecule has 0 aromatic heterocycles. The number of nitrogens with one attached hydrogen (secondary N) is 1. The Morgan fingerprint density at radius 3 is 2.46 bits per heavy atom. The van der Waals surface area contributed by atoms with Gasteiger partial charge >= 0.3 is 6.03 Å². The molecule has 0 atom stereocenters. The molecule has 8 heteroatoms. The quantitative estimate of drug-likeness (QED) is 0.818. The average Bonchev–Trinajstić information content (AvgIpc) is 2.53. The van der Waals surface area contributed by atoms with Crippen LogP contribution in [0.25, 0.3) is 0 Å². The summed E-state index contributed by atoms with van der Waals surface area (Å²) in [7, 11) is 1.29. The molecule has 2 aromatic rings. The lowest BCUT2D eigenvalue weighted by Gasteiger charge is -2.18. The van der Waals surface area contributed by atoms with Crippen LogP contribution in [0.15, 0.2) is 41.3 Å². The number of imide groups is 1.